The fraction of sp³-hybridized carbons (Fsp3) is 0.333. The first-order valence-electron chi connectivity index (χ1n) is 6.28. The van der Waals surface area contributed by atoms with E-state index in [-0.39, 0.29) is 0 Å². The Morgan fingerprint density at radius 3 is 2.76 bits per heavy atom. The molecule has 1 aliphatic rings. The van der Waals surface area contributed by atoms with Gasteiger partial charge in [-0.3, -0.25) is 0 Å². The van der Waals surface area contributed by atoms with Gasteiger partial charge in [-0.15, -0.1) is 0 Å². The van der Waals surface area contributed by atoms with Crippen LogP contribution in [-0.2, 0) is 0 Å². The van der Waals surface area contributed by atoms with Crippen molar-refractivity contribution in [1.82, 2.24) is 5.32 Å². The van der Waals surface area contributed by atoms with Gasteiger partial charge >= 0.3 is 0 Å². The molecular formula is C15H18N2. The fourth-order valence-corrected chi connectivity index (χ4v) is 2.70. The van der Waals surface area contributed by atoms with E-state index < -0.39 is 0 Å². The highest BCUT2D eigenvalue weighted by atomic mass is 15.2. The van der Waals surface area contributed by atoms with Gasteiger partial charge in [-0.25, -0.2) is 0 Å². The summed E-state index contributed by atoms with van der Waals surface area (Å²) in [6.07, 6.45) is 1.24. The summed E-state index contributed by atoms with van der Waals surface area (Å²) in [4.78, 5) is 2.49. The summed E-state index contributed by atoms with van der Waals surface area (Å²) < 4.78 is 0. The average molecular weight is 226 g/mol. The van der Waals surface area contributed by atoms with Crippen LogP contribution in [-0.4, -0.2) is 26.2 Å². The van der Waals surface area contributed by atoms with Gasteiger partial charge in [-0.1, -0.05) is 36.4 Å². The molecule has 0 spiro atoms. The first-order valence-corrected chi connectivity index (χ1v) is 6.28. The molecule has 88 valence electrons. The SMILES string of the molecule is CNC1CCN(c2cccc3ccccc23)C1. The molecule has 1 unspecified atom stereocenters. The highest BCUT2D eigenvalue weighted by Gasteiger charge is 2.21. The summed E-state index contributed by atoms with van der Waals surface area (Å²) in [6.45, 7) is 2.27. The van der Waals surface area contributed by atoms with Crippen molar-refractivity contribution in [2.75, 3.05) is 25.0 Å². The van der Waals surface area contributed by atoms with E-state index in [0.717, 1.165) is 13.1 Å². The Morgan fingerprint density at radius 2 is 1.94 bits per heavy atom. The third-order valence-electron chi connectivity index (χ3n) is 3.70. The summed E-state index contributed by atoms with van der Waals surface area (Å²) in [5, 5.41) is 6.07. The maximum atomic E-state index is 3.37. The number of rotatable bonds is 2. The number of hydrogen-bond donors (Lipinski definition) is 1. The Morgan fingerprint density at radius 1 is 1.12 bits per heavy atom. The highest BCUT2D eigenvalue weighted by Crippen LogP contribution is 2.29. The molecule has 0 saturated carbocycles. The van der Waals surface area contributed by atoms with Crippen LogP contribution in [0.2, 0.25) is 0 Å². The zero-order chi connectivity index (χ0) is 11.7. The Hall–Kier alpha value is -1.54. The smallest absolute Gasteiger partial charge is 0.0446 e. The quantitative estimate of drug-likeness (QED) is 0.847. The van der Waals surface area contributed by atoms with Gasteiger partial charge in [0.25, 0.3) is 0 Å². The van der Waals surface area contributed by atoms with Gasteiger partial charge in [0.15, 0.2) is 0 Å². The summed E-state index contributed by atoms with van der Waals surface area (Å²) in [5.41, 5.74) is 1.38. The Labute approximate surface area is 102 Å². The van der Waals surface area contributed by atoms with Crippen molar-refractivity contribution in [1.29, 1.82) is 0 Å². The minimum Gasteiger partial charge on any atom is -0.369 e. The molecule has 0 radical (unpaired) electrons. The van der Waals surface area contributed by atoms with Crippen LogP contribution >= 0.6 is 0 Å². The molecular weight excluding hydrogens is 208 g/mol. The molecule has 0 aliphatic carbocycles. The molecule has 2 aromatic rings. The third-order valence-corrected chi connectivity index (χ3v) is 3.70. The molecule has 2 nitrogen and oxygen atoms in total. The summed E-state index contributed by atoms with van der Waals surface area (Å²) in [6, 6.07) is 15.8. The molecule has 1 N–H and O–H groups in total. The maximum Gasteiger partial charge on any atom is 0.0446 e. The lowest BCUT2D eigenvalue weighted by Gasteiger charge is -2.20. The first-order chi connectivity index (χ1) is 8.38. The van der Waals surface area contributed by atoms with E-state index in [1.807, 2.05) is 0 Å². The topological polar surface area (TPSA) is 15.3 Å². The number of nitrogens with zero attached hydrogens (tertiary/aromatic N) is 1. The van der Waals surface area contributed by atoms with Crippen LogP contribution in [0.3, 0.4) is 0 Å². The molecule has 1 fully saturated rings. The van der Waals surface area contributed by atoms with E-state index in [2.05, 4.69) is 59.7 Å². The van der Waals surface area contributed by atoms with Gasteiger partial charge < -0.3 is 10.2 Å². The fourth-order valence-electron chi connectivity index (χ4n) is 2.70. The normalized spacial score (nSPS) is 20.1. The second-order valence-corrected chi connectivity index (χ2v) is 4.72. The Kier molecular flexibility index (Phi) is 2.73. The number of anilines is 1. The molecule has 3 rings (SSSR count). The zero-order valence-corrected chi connectivity index (χ0v) is 10.2. The minimum absolute atomic E-state index is 0.633. The van der Waals surface area contributed by atoms with E-state index in [4.69, 9.17) is 0 Å². The number of hydrogen-bond acceptors (Lipinski definition) is 2. The number of benzene rings is 2. The Bertz CT molecular complexity index is 516. The van der Waals surface area contributed by atoms with Crippen molar-refractivity contribution in [3.63, 3.8) is 0 Å². The minimum atomic E-state index is 0.633. The highest BCUT2D eigenvalue weighted by molar-refractivity contribution is 5.94. The molecule has 1 saturated heterocycles. The van der Waals surface area contributed by atoms with E-state index in [1.54, 1.807) is 0 Å². The molecule has 0 amide bonds. The predicted octanol–water partition coefficient (Wildman–Crippen LogP) is 2.64. The molecule has 17 heavy (non-hydrogen) atoms. The van der Waals surface area contributed by atoms with Crippen molar-refractivity contribution in [3.8, 4) is 0 Å². The first kappa shape index (κ1) is 10.6. The van der Waals surface area contributed by atoms with E-state index in [0.29, 0.717) is 6.04 Å². The van der Waals surface area contributed by atoms with Crippen LogP contribution in [0.1, 0.15) is 6.42 Å². The van der Waals surface area contributed by atoms with Crippen LogP contribution in [0, 0.1) is 0 Å². The molecule has 2 heteroatoms. The molecule has 0 bridgehead atoms. The van der Waals surface area contributed by atoms with Gasteiger partial charge in [-0.2, -0.15) is 0 Å². The van der Waals surface area contributed by atoms with Crippen LogP contribution in [0.4, 0.5) is 5.69 Å². The second kappa shape index (κ2) is 4.38. The standard InChI is InChI=1S/C15H18N2/c1-16-13-9-10-17(11-13)15-8-4-6-12-5-2-3-7-14(12)15/h2-8,13,16H,9-11H2,1H3. The van der Waals surface area contributed by atoms with Gasteiger partial charge in [0.2, 0.25) is 0 Å². The molecule has 2 aromatic carbocycles. The molecule has 1 heterocycles. The van der Waals surface area contributed by atoms with Crippen molar-refractivity contribution in [3.05, 3.63) is 42.5 Å². The summed E-state index contributed by atoms with van der Waals surface area (Å²) >= 11 is 0. The molecule has 0 aromatic heterocycles. The molecule has 1 aliphatic heterocycles. The van der Waals surface area contributed by atoms with Gasteiger partial charge in [0.05, 0.1) is 0 Å². The van der Waals surface area contributed by atoms with E-state index in [9.17, 15) is 0 Å². The predicted molar refractivity (Wildman–Crippen MR) is 73.6 cm³/mol. The van der Waals surface area contributed by atoms with Crippen molar-refractivity contribution >= 4 is 16.5 Å². The van der Waals surface area contributed by atoms with Crippen LogP contribution in [0.15, 0.2) is 42.5 Å². The summed E-state index contributed by atoms with van der Waals surface area (Å²) in [7, 11) is 2.05. The number of fused-ring (bicyclic) bond motifs is 1. The lowest BCUT2D eigenvalue weighted by molar-refractivity contribution is 0.617. The van der Waals surface area contributed by atoms with Crippen LogP contribution < -0.4 is 10.2 Å². The van der Waals surface area contributed by atoms with Crippen LogP contribution in [0.5, 0.6) is 0 Å². The van der Waals surface area contributed by atoms with Gasteiger partial charge in [-0.05, 0) is 24.9 Å². The summed E-state index contributed by atoms with van der Waals surface area (Å²) in [5.74, 6) is 0. The molecule has 1 atom stereocenters. The third kappa shape index (κ3) is 1.89. The van der Waals surface area contributed by atoms with E-state index in [1.165, 1.54) is 22.9 Å². The maximum absolute atomic E-state index is 3.37. The van der Waals surface area contributed by atoms with Gasteiger partial charge in [0, 0.05) is 30.2 Å². The zero-order valence-electron chi connectivity index (χ0n) is 10.2. The number of nitrogens with one attached hydrogen (secondary N) is 1. The lowest BCUT2D eigenvalue weighted by atomic mass is 10.1. The van der Waals surface area contributed by atoms with Crippen LogP contribution in [0.25, 0.3) is 10.8 Å². The Balaban J connectivity index is 2.00. The van der Waals surface area contributed by atoms with Crippen molar-refractivity contribution in [2.45, 2.75) is 12.5 Å². The van der Waals surface area contributed by atoms with Crippen molar-refractivity contribution < 1.29 is 0 Å². The largest absolute Gasteiger partial charge is 0.369 e. The van der Waals surface area contributed by atoms with E-state index >= 15 is 0 Å². The second-order valence-electron chi connectivity index (χ2n) is 4.72. The van der Waals surface area contributed by atoms with Gasteiger partial charge in [0.1, 0.15) is 0 Å². The monoisotopic (exact) mass is 226 g/mol. The average Bonchev–Trinajstić information content (AvgIpc) is 2.87. The lowest BCUT2D eigenvalue weighted by Crippen LogP contribution is -2.29. The number of likely N-dealkylation sites (N-methyl/N-ethyl adjacent to an activating group) is 1. The van der Waals surface area contributed by atoms with Crippen molar-refractivity contribution in [2.24, 2.45) is 0 Å².